The third kappa shape index (κ3) is 4.08. The third-order valence-electron chi connectivity index (χ3n) is 4.10. The Labute approximate surface area is 152 Å². The lowest BCUT2D eigenvalue weighted by Gasteiger charge is -2.10. The quantitative estimate of drug-likeness (QED) is 0.710. The number of aryl methyl sites for hydroxylation is 3. The monoisotopic (exact) mass is 350 g/mol. The normalized spacial score (nSPS) is 10.7. The average molecular weight is 350 g/mol. The van der Waals surface area contributed by atoms with Crippen LogP contribution in [0.1, 0.15) is 17.0 Å². The van der Waals surface area contributed by atoms with Crippen molar-refractivity contribution in [1.82, 2.24) is 14.8 Å². The molecule has 0 fully saturated rings. The van der Waals surface area contributed by atoms with Crippen LogP contribution in [0, 0.1) is 6.92 Å². The maximum Gasteiger partial charge on any atom is 0.225 e. The topological polar surface area (TPSA) is 83.0 Å². The van der Waals surface area contributed by atoms with E-state index in [-0.39, 0.29) is 6.42 Å². The molecule has 6 nitrogen and oxygen atoms in total. The van der Waals surface area contributed by atoms with Gasteiger partial charge in [-0.15, -0.1) is 0 Å². The lowest BCUT2D eigenvalue weighted by molar-refractivity contribution is -0.117. The second-order valence-corrected chi connectivity index (χ2v) is 6.16. The molecule has 3 rings (SSSR count). The van der Waals surface area contributed by atoms with E-state index in [1.54, 1.807) is 7.11 Å². The number of rotatable bonds is 7. The summed E-state index contributed by atoms with van der Waals surface area (Å²) in [6, 6.07) is 16.1. The molecule has 0 aliphatic rings. The van der Waals surface area contributed by atoms with Crippen LogP contribution in [0.3, 0.4) is 0 Å². The predicted octanol–water partition coefficient (Wildman–Crippen LogP) is 2.53. The van der Waals surface area contributed by atoms with Crippen molar-refractivity contribution >= 4 is 5.91 Å². The summed E-state index contributed by atoms with van der Waals surface area (Å²) in [6.45, 7) is 2.65. The number of methoxy groups -OCH3 is 1. The first kappa shape index (κ1) is 17.7. The van der Waals surface area contributed by atoms with Gasteiger partial charge in [0.25, 0.3) is 0 Å². The molecule has 0 spiro atoms. The fourth-order valence-electron chi connectivity index (χ4n) is 2.84. The van der Waals surface area contributed by atoms with Gasteiger partial charge in [0.2, 0.25) is 5.91 Å². The fraction of sp³-hybridized carbons (Fsp3) is 0.250. The molecule has 2 aromatic carbocycles. The molecule has 26 heavy (non-hydrogen) atoms. The summed E-state index contributed by atoms with van der Waals surface area (Å²) >= 11 is 0. The number of carbonyl (C=O) groups is 1. The number of benzene rings is 2. The number of hydrogen-bond acceptors (Lipinski definition) is 4. The lowest BCUT2D eigenvalue weighted by Crippen LogP contribution is -2.15. The van der Waals surface area contributed by atoms with Crippen LogP contribution in [0.4, 0.5) is 0 Å². The number of primary amides is 1. The highest BCUT2D eigenvalue weighted by Gasteiger charge is 2.17. The Morgan fingerprint density at radius 1 is 1.19 bits per heavy atom. The average Bonchev–Trinajstić information content (AvgIpc) is 3.02. The van der Waals surface area contributed by atoms with Gasteiger partial charge in [-0.1, -0.05) is 36.4 Å². The number of hydrogen-bond donors (Lipinski definition) is 1. The molecule has 0 saturated carbocycles. The Morgan fingerprint density at radius 2 is 1.96 bits per heavy atom. The molecule has 0 atom stereocenters. The Kier molecular flexibility index (Phi) is 5.31. The molecule has 2 N–H and O–H groups in total. The van der Waals surface area contributed by atoms with Crippen molar-refractivity contribution in [2.45, 2.75) is 26.3 Å². The molecule has 0 saturated heterocycles. The van der Waals surface area contributed by atoms with E-state index in [0.29, 0.717) is 18.2 Å². The molecule has 3 aromatic rings. The van der Waals surface area contributed by atoms with Gasteiger partial charge in [0.1, 0.15) is 5.75 Å². The first-order chi connectivity index (χ1) is 12.6. The van der Waals surface area contributed by atoms with Gasteiger partial charge in [-0.25, -0.2) is 9.67 Å². The molecule has 0 radical (unpaired) electrons. The van der Waals surface area contributed by atoms with Crippen molar-refractivity contribution in [2.75, 3.05) is 7.11 Å². The summed E-state index contributed by atoms with van der Waals surface area (Å²) in [5.74, 6) is 1.37. The summed E-state index contributed by atoms with van der Waals surface area (Å²) in [4.78, 5) is 15.8. The molecule has 134 valence electrons. The van der Waals surface area contributed by atoms with Crippen LogP contribution in [0.15, 0.2) is 48.5 Å². The summed E-state index contributed by atoms with van der Waals surface area (Å²) in [6.07, 6.45) is 0.820. The third-order valence-corrected chi connectivity index (χ3v) is 4.10. The standard InChI is InChI=1S/C20H22N4O2/c1-14-8-9-16(17(12-14)26-2)20-22-19(13-18(21)25)23-24(20)11-10-15-6-4-3-5-7-15/h3-9,12H,10-11,13H2,1-2H3,(H2,21,25). The Morgan fingerprint density at radius 3 is 2.65 bits per heavy atom. The molecule has 0 unspecified atom stereocenters. The Hall–Kier alpha value is -3.15. The number of nitrogens with zero attached hydrogens (tertiary/aromatic N) is 3. The van der Waals surface area contributed by atoms with E-state index in [9.17, 15) is 4.79 Å². The maximum absolute atomic E-state index is 11.3. The lowest BCUT2D eigenvalue weighted by atomic mass is 10.1. The van der Waals surface area contributed by atoms with E-state index in [4.69, 9.17) is 10.5 Å². The molecular formula is C20H22N4O2. The van der Waals surface area contributed by atoms with Gasteiger partial charge in [0.05, 0.1) is 19.1 Å². The van der Waals surface area contributed by atoms with Gasteiger partial charge in [-0.05, 0) is 36.6 Å². The minimum Gasteiger partial charge on any atom is -0.496 e. The van der Waals surface area contributed by atoms with Crippen molar-refractivity contribution in [3.63, 3.8) is 0 Å². The molecule has 1 heterocycles. The van der Waals surface area contributed by atoms with Crippen molar-refractivity contribution < 1.29 is 9.53 Å². The summed E-state index contributed by atoms with van der Waals surface area (Å²) in [5, 5.41) is 4.49. The molecule has 1 aromatic heterocycles. The van der Waals surface area contributed by atoms with E-state index in [0.717, 1.165) is 23.3 Å². The molecule has 0 aliphatic carbocycles. The van der Waals surface area contributed by atoms with E-state index in [1.807, 2.05) is 48.0 Å². The van der Waals surface area contributed by atoms with Gasteiger partial charge >= 0.3 is 0 Å². The van der Waals surface area contributed by atoms with Crippen molar-refractivity contribution in [3.05, 3.63) is 65.5 Å². The Balaban J connectivity index is 1.97. The Bertz CT molecular complexity index is 903. The zero-order chi connectivity index (χ0) is 18.5. The zero-order valence-electron chi connectivity index (χ0n) is 15.0. The smallest absolute Gasteiger partial charge is 0.225 e. The molecule has 6 heteroatoms. The first-order valence-corrected chi connectivity index (χ1v) is 8.48. The van der Waals surface area contributed by atoms with Crippen molar-refractivity contribution in [3.8, 4) is 17.1 Å². The van der Waals surface area contributed by atoms with Crippen LogP contribution in [-0.2, 0) is 24.2 Å². The van der Waals surface area contributed by atoms with Gasteiger partial charge in [0, 0.05) is 6.54 Å². The zero-order valence-corrected chi connectivity index (χ0v) is 15.0. The van der Waals surface area contributed by atoms with Gasteiger partial charge in [0.15, 0.2) is 11.6 Å². The van der Waals surface area contributed by atoms with E-state index < -0.39 is 5.91 Å². The summed E-state index contributed by atoms with van der Waals surface area (Å²) in [7, 11) is 1.63. The number of ether oxygens (including phenoxy) is 1. The molecular weight excluding hydrogens is 328 g/mol. The van der Waals surface area contributed by atoms with Gasteiger partial charge in [-0.3, -0.25) is 4.79 Å². The van der Waals surface area contributed by atoms with E-state index in [1.165, 1.54) is 5.56 Å². The highest BCUT2D eigenvalue weighted by atomic mass is 16.5. The van der Waals surface area contributed by atoms with E-state index >= 15 is 0 Å². The van der Waals surface area contributed by atoms with Crippen LogP contribution in [0.25, 0.3) is 11.4 Å². The number of carbonyl (C=O) groups excluding carboxylic acids is 1. The largest absolute Gasteiger partial charge is 0.496 e. The number of aromatic nitrogens is 3. The van der Waals surface area contributed by atoms with Crippen LogP contribution in [0.2, 0.25) is 0 Å². The van der Waals surface area contributed by atoms with Crippen LogP contribution in [0.5, 0.6) is 5.75 Å². The highest BCUT2D eigenvalue weighted by molar-refractivity contribution is 5.76. The highest BCUT2D eigenvalue weighted by Crippen LogP contribution is 2.30. The van der Waals surface area contributed by atoms with Crippen molar-refractivity contribution in [2.24, 2.45) is 5.73 Å². The second kappa shape index (κ2) is 7.82. The molecule has 1 amide bonds. The summed E-state index contributed by atoms with van der Waals surface area (Å²) < 4.78 is 7.33. The minimum atomic E-state index is -0.451. The second-order valence-electron chi connectivity index (χ2n) is 6.16. The number of amides is 1. The summed E-state index contributed by atoms with van der Waals surface area (Å²) in [5.41, 5.74) is 8.46. The number of nitrogens with two attached hydrogens (primary N) is 1. The van der Waals surface area contributed by atoms with Crippen LogP contribution >= 0.6 is 0 Å². The maximum atomic E-state index is 11.3. The molecule has 0 bridgehead atoms. The molecule has 0 aliphatic heterocycles. The minimum absolute atomic E-state index is 0.0134. The SMILES string of the molecule is COc1cc(C)ccc1-c1nc(CC(N)=O)nn1CCc1ccccc1. The van der Waals surface area contributed by atoms with Crippen LogP contribution < -0.4 is 10.5 Å². The van der Waals surface area contributed by atoms with Crippen molar-refractivity contribution in [1.29, 1.82) is 0 Å². The fourth-order valence-corrected chi connectivity index (χ4v) is 2.84. The van der Waals surface area contributed by atoms with Crippen LogP contribution in [-0.4, -0.2) is 27.8 Å². The predicted molar refractivity (Wildman–Crippen MR) is 99.8 cm³/mol. The first-order valence-electron chi connectivity index (χ1n) is 8.48. The van der Waals surface area contributed by atoms with E-state index in [2.05, 4.69) is 22.2 Å². The van der Waals surface area contributed by atoms with Gasteiger partial charge in [-0.2, -0.15) is 5.10 Å². The van der Waals surface area contributed by atoms with Gasteiger partial charge < -0.3 is 10.5 Å².